The number of aromatic nitrogens is 4. The summed E-state index contributed by atoms with van der Waals surface area (Å²) in [6.45, 7) is 6.89. The molecule has 0 aromatic carbocycles. The zero-order chi connectivity index (χ0) is 14.7. The minimum absolute atomic E-state index is 0.377. The third-order valence-electron chi connectivity index (χ3n) is 2.91. The zero-order valence-corrected chi connectivity index (χ0v) is 13.3. The molecule has 1 N–H and O–H groups in total. The molecule has 0 atom stereocenters. The highest BCUT2D eigenvalue weighted by Gasteiger charge is 2.12. The summed E-state index contributed by atoms with van der Waals surface area (Å²) >= 11 is 1.42. The molecule has 6 nitrogen and oxygen atoms in total. The molecule has 2 heterocycles. The van der Waals surface area contributed by atoms with Crippen LogP contribution >= 0.6 is 11.5 Å². The van der Waals surface area contributed by atoms with Gasteiger partial charge in [0.25, 0.3) is 0 Å². The third kappa shape index (κ3) is 3.22. The van der Waals surface area contributed by atoms with Crippen LogP contribution in [-0.2, 0) is 6.54 Å². The average molecular weight is 292 g/mol. The Kier molecular flexibility index (Phi) is 4.49. The van der Waals surface area contributed by atoms with Crippen molar-refractivity contribution in [1.82, 2.24) is 19.6 Å². The van der Waals surface area contributed by atoms with Gasteiger partial charge in [-0.05, 0) is 24.4 Å². The van der Waals surface area contributed by atoms with Gasteiger partial charge in [0.2, 0.25) is 5.95 Å². The van der Waals surface area contributed by atoms with Crippen molar-refractivity contribution in [1.29, 1.82) is 0 Å². The maximum Gasteiger partial charge on any atom is 0.224 e. The average Bonchev–Trinajstić information content (AvgIpc) is 2.86. The van der Waals surface area contributed by atoms with Crippen LogP contribution in [0, 0.1) is 6.92 Å². The molecule has 2 aromatic rings. The molecule has 0 spiro atoms. The highest BCUT2D eigenvalue weighted by molar-refractivity contribution is 7.05. The first kappa shape index (κ1) is 14.6. The number of nitrogens with zero attached hydrogens (tertiary/aromatic N) is 5. The van der Waals surface area contributed by atoms with Gasteiger partial charge in [0.1, 0.15) is 5.82 Å². The Hall–Kier alpha value is -1.76. The molecule has 0 aliphatic carbocycles. The maximum atomic E-state index is 4.51. The van der Waals surface area contributed by atoms with E-state index in [1.165, 1.54) is 11.5 Å². The summed E-state index contributed by atoms with van der Waals surface area (Å²) in [6.07, 6.45) is 1.83. The predicted molar refractivity (Wildman–Crippen MR) is 82.4 cm³/mol. The van der Waals surface area contributed by atoms with Gasteiger partial charge in [-0.15, -0.1) is 5.10 Å². The smallest absolute Gasteiger partial charge is 0.224 e. The molecule has 0 saturated heterocycles. The van der Waals surface area contributed by atoms with E-state index < -0.39 is 0 Å². The van der Waals surface area contributed by atoms with Gasteiger partial charge in [-0.2, -0.15) is 4.98 Å². The van der Waals surface area contributed by atoms with Crippen molar-refractivity contribution in [3.8, 4) is 0 Å². The van der Waals surface area contributed by atoms with E-state index in [1.54, 1.807) is 0 Å². The summed E-state index contributed by atoms with van der Waals surface area (Å²) in [5, 5.41) is 7.41. The first-order valence-electron chi connectivity index (χ1n) is 6.55. The summed E-state index contributed by atoms with van der Waals surface area (Å²) in [4.78, 5) is 11.9. The van der Waals surface area contributed by atoms with Crippen LogP contribution < -0.4 is 10.2 Å². The van der Waals surface area contributed by atoms with E-state index in [4.69, 9.17) is 0 Å². The van der Waals surface area contributed by atoms with Crippen LogP contribution in [0.25, 0.3) is 0 Å². The molecule has 0 radical (unpaired) electrons. The zero-order valence-electron chi connectivity index (χ0n) is 12.5. The lowest BCUT2D eigenvalue weighted by molar-refractivity contribution is 0.797. The van der Waals surface area contributed by atoms with E-state index in [0.29, 0.717) is 18.4 Å². The molecule has 108 valence electrons. The molecule has 2 aromatic heterocycles. The number of aryl methyl sites for hydroxylation is 1. The van der Waals surface area contributed by atoms with Gasteiger partial charge in [-0.3, -0.25) is 0 Å². The summed E-state index contributed by atoms with van der Waals surface area (Å²) in [7, 11) is 3.95. The highest BCUT2D eigenvalue weighted by atomic mass is 32.1. The molecule has 0 amide bonds. The van der Waals surface area contributed by atoms with Crippen LogP contribution in [0.5, 0.6) is 0 Å². The lowest BCUT2D eigenvalue weighted by atomic mass is 10.1. The monoisotopic (exact) mass is 292 g/mol. The van der Waals surface area contributed by atoms with E-state index in [9.17, 15) is 0 Å². The molecule has 0 aliphatic rings. The van der Waals surface area contributed by atoms with Gasteiger partial charge in [-0.25, -0.2) is 4.98 Å². The Morgan fingerprint density at radius 2 is 2.10 bits per heavy atom. The lowest BCUT2D eigenvalue weighted by Crippen LogP contribution is -2.14. The van der Waals surface area contributed by atoms with Crippen molar-refractivity contribution in [2.75, 3.05) is 24.3 Å². The van der Waals surface area contributed by atoms with Crippen LogP contribution in [0.3, 0.4) is 0 Å². The Morgan fingerprint density at radius 3 is 2.75 bits per heavy atom. The third-order valence-corrected chi connectivity index (χ3v) is 3.64. The number of hydrogen-bond acceptors (Lipinski definition) is 7. The van der Waals surface area contributed by atoms with E-state index in [0.717, 1.165) is 22.0 Å². The van der Waals surface area contributed by atoms with E-state index >= 15 is 0 Å². The van der Waals surface area contributed by atoms with E-state index in [1.807, 2.05) is 32.1 Å². The van der Waals surface area contributed by atoms with Gasteiger partial charge in [-0.1, -0.05) is 18.3 Å². The molecule has 20 heavy (non-hydrogen) atoms. The number of rotatable bonds is 5. The lowest BCUT2D eigenvalue weighted by Gasteiger charge is -2.15. The second-order valence-electron chi connectivity index (χ2n) is 5.18. The summed E-state index contributed by atoms with van der Waals surface area (Å²) in [5.74, 6) is 1.93. The second kappa shape index (κ2) is 6.13. The Bertz CT molecular complexity index is 578. The minimum atomic E-state index is 0.377. The second-order valence-corrected chi connectivity index (χ2v) is 6.02. The van der Waals surface area contributed by atoms with Crippen molar-refractivity contribution in [3.05, 3.63) is 22.3 Å². The predicted octanol–water partition coefficient (Wildman–Crippen LogP) is 2.44. The number of nitrogens with one attached hydrogen (secondary N) is 1. The summed E-state index contributed by atoms with van der Waals surface area (Å²) in [6, 6.07) is 0. The van der Waals surface area contributed by atoms with Crippen molar-refractivity contribution >= 4 is 23.3 Å². The first-order valence-corrected chi connectivity index (χ1v) is 7.32. The van der Waals surface area contributed by atoms with Crippen LogP contribution in [-0.4, -0.2) is 33.7 Å². The van der Waals surface area contributed by atoms with Crippen LogP contribution in [0.4, 0.5) is 11.8 Å². The standard InChI is InChI=1S/C13H20N6S/c1-8(2)11-10(20-18-17-11)7-15-13-14-6-9(3)12(16-13)19(4)5/h6,8H,7H2,1-5H3,(H,14,15,16). The molecule has 0 bridgehead atoms. The minimum Gasteiger partial charge on any atom is -0.362 e. The molecule has 0 saturated carbocycles. The fraction of sp³-hybridized carbons (Fsp3) is 0.538. The molecular formula is C13H20N6S. The number of anilines is 2. The molecule has 2 rings (SSSR count). The van der Waals surface area contributed by atoms with Crippen molar-refractivity contribution in [3.63, 3.8) is 0 Å². The Labute approximate surface area is 123 Å². The molecule has 0 fully saturated rings. The SMILES string of the molecule is Cc1cnc(NCc2snnc2C(C)C)nc1N(C)C. The Balaban J connectivity index is 2.11. The van der Waals surface area contributed by atoms with Crippen LogP contribution in [0.1, 0.15) is 35.9 Å². The largest absolute Gasteiger partial charge is 0.362 e. The van der Waals surface area contributed by atoms with Crippen LogP contribution in [0.15, 0.2) is 6.20 Å². The molecule has 7 heteroatoms. The number of hydrogen-bond donors (Lipinski definition) is 1. The van der Waals surface area contributed by atoms with Crippen molar-refractivity contribution < 1.29 is 0 Å². The fourth-order valence-electron chi connectivity index (χ4n) is 1.91. The normalized spacial score (nSPS) is 10.9. The van der Waals surface area contributed by atoms with Crippen molar-refractivity contribution in [2.24, 2.45) is 0 Å². The topological polar surface area (TPSA) is 66.8 Å². The highest BCUT2D eigenvalue weighted by Crippen LogP contribution is 2.21. The quantitative estimate of drug-likeness (QED) is 0.913. The Morgan fingerprint density at radius 1 is 1.35 bits per heavy atom. The van der Waals surface area contributed by atoms with E-state index in [2.05, 4.69) is 38.7 Å². The molecular weight excluding hydrogens is 272 g/mol. The van der Waals surface area contributed by atoms with Gasteiger partial charge in [0.05, 0.1) is 17.1 Å². The van der Waals surface area contributed by atoms with Gasteiger partial charge >= 0.3 is 0 Å². The summed E-state index contributed by atoms with van der Waals surface area (Å²) in [5.41, 5.74) is 2.10. The first-order chi connectivity index (χ1) is 9.49. The molecule has 0 aliphatic heterocycles. The summed E-state index contributed by atoms with van der Waals surface area (Å²) < 4.78 is 4.02. The maximum absolute atomic E-state index is 4.51. The molecule has 0 unspecified atom stereocenters. The fourth-order valence-corrected chi connectivity index (χ4v) is 2.64. The van der Waals surface area contributed by atoms with Crippen LogP contribution in [0.2, 0.25) is 0 Å². The van der Waals surface area contributed by atoms with Crippen molar-refractivity contribution in [2.45, 2.75) is 33.2 Å². The van der Waals surface area contributed by atoms with E-state index in [-0.39, 0.29) is 0 Å². The van der Waals surface area contributed by atoms with Gasteiger partial charge in [0, 0.05) is 25.9 Å². The van der Waals surface area contributed by atoms with Gasteiger partial charge < -0.3 is 10.2 Å². The van der Waals surface area contributed by atoms with Gasteiger partial charge in [0.15, 0.2) is 0 Å².